The molecule has 1 aromatic carbocycles. The van der Waals surface area contributed by atoms with Crippen LogP contribution in [0.15, 0.2) is 36.7 Å². The van der Waals surface area contributed by atoms with E-state index in [9.17, 15) is 0 Å². The zero-order valence-corrected chi connectivity index (χ0v) is 15.4. The minimum atomic E-state index is 0.880. The molecule has 6 nitrogen and oxygen atoms in total. The minimum Gasteiger partial charge on any atom is -0.369 e. The van der Waals surface area contributed by atoms with Crippen LogP contribution in [-0.2, 0) is 0 Å². The fourth-order valence-electron chi connectivity index (χ4n) is 3.04. The number of benzene rings is 1. The van der Waals surface area contributed by atoms with Crippen molar-refractivity contribution in [2.75, 3.05) is 68.5 Å². The maximum atomic E-state index is 4.46. The number of nitrogens with one attached hydrogen (secondary N) is 1. The van der Waals surface area contributed by atoms with Crippen LogP contribution in [0.2, 0.25) is 0 Å². The van der Waals surface area contributed by atoms with Crippen molar-refractivity contribution >= 4 is 17.3 Å². The van der Waals surface area contributed by atoms with E-state index in [-0.39, 0.29) is 0 Å². The Bertz CT molecular complexity index is 679. The third kappa shape index (κ3) is 4.82. The first-order chi connectivity index (χ1) is 12.1. The molecular weight excluding hydrogens is 312 g/mol. The highest BCUT2D eigenvalue weighted by atomic mass is 15.3. The topological polar surface area (TPSA) is 47.5 Å². The van der Waals surface area contributed by atoms with E-state index in [2.05, 4.69) is 81.3 Å². The van der Waals surface area contributed by atoms with Crippen molar-refractivity contribution in [1.82, 2.24) is 14.9 Å². The maximum absolute atomic E-state index is 4.46. The zero-order chi connectivity index (χ0) is 17.6. The molecule has 0 amide bonds. The number of anilines is 3. The molecule has 0 atom stereocenters. The normalized spacial score (nSPS) is 14.9. The van der Waals surface area contributed by atoms with Gasteiger partial charge in [-0.2, -0.15) is 0 Å². The Hall–Kier alpha value is -2.34. The molecule has 0 aliphatic carbocycles. The first-order valence-electron chi connectivity index (χ1n) is 8.89. The average molecular weight is 340 g/mol. The Morgan fingerprint density at radius 2 is 1.80 bits per heavy atom. The molecule has 3 rings (SSSR count). The lowest BCUT2D eigenvalue weighted by Crippen LogP contribution is -2.46. The minimum absolute atomic E-state index is 0.880. The molecule has 0 unspecified atom stereocenters. The third-order valence-electron chi connectivity index (χ3n) is 4.49. The van der Waals surface area contributed by atoms with Crippen LogP contribution in [0.1, 0.15) is 5.56 Å². The lowest BCUT2D eigenvalue weighted by molar-refractivity contribution is 0.425. The second kappa shape index (κ2) is 8.16. The van der Waals surface area contributed by atoms with Crippen molar-refractivity contribution < 1.29 is 0 Å². The van der Waals surface area contributed by atoms with Crippen LogP contribution in [0, 0.1) is 6.92 Å². The van der Waals surface area contributed by atoms with Gasteiger partial charge in [-0.15, -0.1) is 0 Å². The molecule has 0 saturated carbocycles. The fraction of sp³-hybridized carbons (Fsp3) is 0.474. The van der Waals surface area contributed by atoms with Crippen molar-refractivity contribution in [2.24, 2.45) is 0 Å². The molecule has 1 aliphatic rings. The van der Waals surface area contributed by atoms with Crippen molar-refractivity contribution in [2.45, 2.75) is 6.92 Å². The molecule has 1 saturated heterocycles. The van der Waals surface area contributed by atoms with Gasteiger partial charge >= 0.3 is 0 Å². The van der Waals surface area contributed by atoms with Crippen molar-refractivity contribution in [3.8, 4) is 0 Å². The summed E-state index contributed by atoms with van der Waals surface area (Å²) in [5, 5.41) is 3.37. The SMILES string of the molecule is Cc1cccc(N2CCN(c3cc(NCCN(C)C)ncn3)CC2)c1. The van der Waals surface area contributed by atoms with Gasteiger partial charge in [-0.3, -0.25) is 0 Å². The summed E-state index contributed by atoms with van der Waals surface area (Å²) < 4.78 is 0. The summed E-state index contributed by atoms with van der Waals surface area (Å²) in [5.74, 6) is 1.90. The Labute approximate surface area is 150 Å². The van der Waals surface area contributed by atoms with Gasteiger partial charge in [-0.05, 0) is 38.7 Å². The van der Waals surface area contributed by atoms with Crippen molar-refractivity contribution in [3.63, 3.8) is 0 Å². The summed E-state index contributed by atoms with van der Waals surface area (Å²) in [4.78, 5) is 15.7. The molecule has 0 spiro atoms. The van der Waals surface area contributed by atoms with Crippen LogP contribution in [-0.4, -0.2) is 68.2 Å². The monoisotopic (exact) mass is 340 g/mol. The molecule has 134 valence electrons. The smallest absolute Gasteiger partial charge is 0.134 e. The predicted octanol–water partition coefficient (Wildman–Crippen LogP) is 2.09. The molecule has 0 bridgehead atoms. The number of aromatic nitrogens is 2. The van der Waals surface area contributed by atoms with Gasteiger partial charge in [0.05, 0.1) is 0 Å². The lowest BCUT2D eigenvalue weighted by atomic mass is 10.2. The number of nitrogens with zero attached hydrogens (tertiary/aromatic N) is 5. The van der Waals surface area contributed by atoms with Gasteiger partial charge in [0, 0.05) is 51.0 Å². The van der Waals surface area contributed by atoms with E-state index in [4.69, 9.17) is 0 Å². The summed E-state index contributed by atoms with van der Waals surface area (Å²) in [6.07, 6.45) is 1.65. The van der Waals surface area contributed by atoms with Crippen LogP contribution in [0.5, 0.6) is 0 Å². The van der Waals surface area contributed by atoms with Gasteiger partial charge in [-0.25, -0.2) is 9.97 Å². The molecular formula is C19H28N6. The average Bonchev–Trinajstić information content (AvgIpc) is 2.62. The molecule has 1 aromatic heterocycles. The summed E-state index contributed by atoms with van der Waals surface area (Å²) >= 11 is 0. The Morgan fingerprint density at radius 1 is 1.04 bits per heavy atom. The molecule has 2 heterocycles. The third-order valence-corrected chi connectivity index (χ3v) is 4.49. The molecule has 6 heteroatoms. The zero-order valence-electron chi connectivity index (χ0n) is 15.4. The van der Waals surface area contributed by atoms with Gasteiger partial charge < -0.3 is 20.0 Å². The molecule has 2 aromatic rings. The maximum Gasteiger partial charge on any atom is 0.134 e. The van der Waals surface area contributed by atoms with Crippen molar-refractivity contribution in [3.05, 3.63) is 42.2 Å². The van der Waals surface area contributed by atoms with Crippen LogP contribution in [0.4, 0.5) is 17.3 Å². The first kappa shape index (κ1) is 17.5. The summed E-state index contributed by atoms with van der Waals surface area (Å²) in [6, 6.07) is 10.8. The second-order valence-corrected chi connectivity index (χ2v) is 6.80. The van der Waals surface area contributed by atoms with E-state index in [0.29, 0.717) is 0 Å². The number of hydrogen-bond donors (Lipinski definition) is 1. The largest absolute Gasteiger partial charge is 0.369 e. The van der Waals surface area contributed by atoms with Crippen LogP contribution >= 0.6 is 0 Å². The van der Waals surface area contributed by atoms with Crippen LogP contribution in [0.25, 0.3) is 0 Å². The highest BCUT2D eigenvalue weighted by Gasteiger charge is 2.18. The number of aryl methyl sites for hydroxylation is 1. The molecule has 0 radical (unpaired) electrons. The highest BCUT2D eigenvalue weighted by Crippen LogP contribution is 2.21. The number of likely N-dealkylation sites (N-methyl/N-ethyl adjacent to an activating group) is 1. The van der Waals surface area contributed by atoms with E-state index in [1.807, 2.05) is 0 Å². The van der Waals surface area contributed by atoms with Gasteiger partial charge in [0.1, 0.15) is 18.0 Å². The van der Waals surface area contributed by atoms with E-state index >= 15 is 0 Å². The van der Waals surface area contributed by atoms with E-state index < -0.39 is 0 Å². The van der Waals surface area contributed by atoms with Gasteiger partial charge in [-0.1, -0.05) is 12.1 Å². The van der Waals surface area contributed by atoms with E-state index in [0.717, 1.165) is 50.9 Å². The highest BCUT2D eigenvalue weighted by molar-refractivity contribution is 5.53. The van der Waals surface area contributed by atoms with Gasteiger partial charge in [0.2, 0.25) is 0 Å². The van der Waals surface area contributed by atoms with Gasteiger partial charge in [0.15, 0.2) is 0 Å². The predicted molar refractivity (Wildman–Crippen MR) is 105 cm³/mol. The summed E-state index contributed by atoms with van der Waals surface area (Å²) in [5.41, 5.74) is 2.62. The quantitative estimate of drug-likeness (QED) is 0.869. The number of piperazine rings is 1. The molecule has 1 aliphatic heterocycles. The molecule has 1 fully saturated rings. The molecule has 1 N–H and O–H groups in total. The van der Waals surface area contributed by atoms with Crippen LogP contribution < -0.4 is 15.1 Å². The standard InChI is InChI=1S/C19H28N6/c1-16-5-4-6-17(13-16)24-9-11-25(12-10-24)19-14-18(21-15-22-19)20-7-8-23(2)3/h4-6,13-15H,7-12H2,1-3H3,(H,20,21,22). The number of rotatable bonds is 6. The summed E-state index contributed by atoms with van der Waals surface area (Å²) in [7, 11) is 4.14. The lowest BCUT2D eigenvalue weighted by Gasteiger charge is -2.36. The second-order valence-electron chi connectivity index (χ2n) is 6.80. The summed E-state index contributed by atoms with van der Waals surface area (Å²) in [6.45, 7) is 7.97. The van der Waals surface area contributed by atoms with E-state index in [1.54, 1.807) is 6.33 Å². The Kier molecular flexibility index (Phi) is 5.71. The van der Waals surface area contributed by atoms with Gasteiger partial charge in [0.25, 0.3) is 0 Å². The Morgan fingerprint density at radius 3 is 2.52 bits per heavy atom. The van der Waals surface area contributed by atoms with Crippen LogP contribution in [0.3, 0.4) is 0 Å². The number of hydrogen-bond acceptors (Lipinski definition) is 6. The molecule has 25 heavy (non-hydrogen) atoms. The first-order valence-corrected chi connectivity index (χ1v) is 8.89. The van der Waals surface area contributed by atoms with E-state index in [1.165, 1.54) is 11.3 Å². The van der Waals surface area contributed by atoms with Crippen molar-refractivity contribution in [1.29, 1.82) is 0 Å². The Balaban J connectivity index is 1.57. The fourth-order valence-corrected chi connectivity index (χ4v) is 3.04.